The highest BCUT2D eigenvalue weighted by atomic mass is 19.4. The molecular formula is C14H27F3O. The zero-order valence-corrected chi connectivity index (χ0v) is 11.7. The normalized spacial score (nSPS) is 13.8. The topological polar surface area (TPSA) is 9.23 Å². The van der Waals surface area contributed by atoms with Gasteiger partial charge in [0.1, 0.15) is 6.61 Å². The van der Waals surface area contributed by atoms with Gasteiger partial charge in [-0.2, -0.15) is 13.2 Å². The lowest BCUT2D eigenvalue weighted by atomic mass is 10.1. The molecule has 0 heterocycles. The SMILES string of the molecule is CCCCCCCCCCC(C)OCC(F)(F)F. The van der Waals surface area contributed by atoms with Crippen molar-refractivity contribution < 1.29 is 17.9 Å². The van der Waals surface area contributed by atoms with Gasteiger partial charge in [0, 0.05) is 0 Å². The second-order valence-electron chi connectivity index (χ2n) is 5.00. The molecule has 0 rings (SSSR count). The molecule has 0 aromatic carbocycles. The average molecular weight is 268 g/mol. The number of ether oxygens (including phenoxy) is 1. The zero-order chi connectivity index (χ0) is 13.9. The van der Waals surface area contributed by atoms with Crippen LogP contribution in [0.1, 0.15) is 71.6 Å². The standard InChI is InChI=1S/C14H27F3O/c1-3-4-5-6-7-8-9-10-11-13(2)18-12-14(15,16)17/h13H,3-12H2,1-2H3. The molecule has 0 bridgehead atoms. The Morgan fingerprint density at radius 3 is 1.89 bits per heavy atom. The van der Waals surface area contributed by atoms with Gasteiger partial charge in [0.25, 0.3) is 0 Å². The van der Waals surface area contributed by atoms with Gasteiger partial charge in [-0.15, -0.1) is 0 Å². The first-order chi connectivity index (χ1) is 8.45. The second kappa shape index (κ2) is 10.7. The van der Waals surface area contributed by atoms with Crippen molar-refractivity contribution in [1.29, 1.82) is 0 Å². The Balaban J connectivity index is 3.23. The van der Waals surface area contributed by atoms with Crippen LogP contribution in [-0.2, 0) is 4.74 Å². The van der Waals surface area contributed by atoms with Gasteiger partial charge in [-0.3, -0.25) is 0 Å². The zero-order valence-electron chi connectivity index (χ0n) is 11.7. The van der Waals surface area contributed by atoms with E-state index in [1.54, 1.807) is 6.92 Å². The summed E-state index contributed by atoms with van der Waals surface area (Å²) in [5.41, 5.74) is 0. The van der Waals surface area contributed by atoms with Crippen molar-refractivity contribution in [2.75, 3.05) is 6.61 Å². The van der Waals surface area contributed by atoms with Gasteiger partial charge in [-0.1, -0.05) is 58.3 Å². The largest absolute Gasteiger partial charge is 0.411 e. The van der Waals surface area contributed by atoms with Crippen molar-refractivity contribution >= 4 is 0 Å². The van der Waals surface area contributed by atoms with Gasteiger partial charge in [0.2, 0.25) is 0 Å². The van der Waals surface area contributed by atoms with Crippen LogP contribution in [0.25, 0.3) is 0 Å². The van der Waals surface area contributed by atoms with Crippen LogP contribution in [-0.4, -0.2) is 18.9 Å². The first kappa shape index (κ1) is 17.8. The van der Waals surface area contributed by atoms with Crippen LogP contribution < -0.4 is 0 Å². The van der Waals surface area contributed by atoms with Crippen LogP contribution in [0.15, 0.2) is 0 Å². The molecule has 0 N–H and O–H groups in total. The molecule has 0 fully saturated rings. The van der Waals surface area contributed by atoms with Gasteiger partial charge in [-0.05, 0) is 13.3 Å². The highest BCUT2D eigenvalue weighted by molar-refractivity contribution is 4.55. The third-order valence-electron chi connectivity index (χ3n) is 3.00. The Bertz CT molecular complexity index is 180. The summed E-state index contributed by atoms with van der Waals surface area (Å²) in [6.45, 7) is 2.79. The van der Waals surface area contributed by atoms with Gasteiger partial charge >= 0.3 is 6.18 Å². The lowest BCUT2D eigenvalue weighted by Gasteiger charge is -2.14. The third-order valence-corrected chi connectivity index (χ3v) is 3.00. The highest BCUT2D eigenvalue weighted by Gasteiger charge is 2.28. The summed E-state index contributed by atoms with van der Waals surface area (Å²) >= 11 is 0. The predicted molar refractivity (Wildman–Crippen MR) is 68.7 cm³/mol. The van der Waals surface area contributed by atoms with Crippen molar-refractivity contribution in [2.24, 2.45) is 0 Å². The van der Waals surface area contributed by atoms with E-state index in [0.717, 1.165) is 19.3 Å². The minimum Gasteiger partial charge on any atom is -0.369 e. The minimum absolute atomic E-state index is 0.285. The molecule has 0 aromatic rings. The fraction of sp³-hybridized carbons (Fsp3) is 1.00. The summed E-state index contributed by atoms with van der Waals surface area (Å²) in [4.78, 5) is 0. The fourth-order valence-corrected chi connectivity index (χ4v) is 1.89. The van der Waals surface area contributed by atoms with Crippen molar-refractivity contribution in [3.63, 3.8) is 0 Å². The molecule has 0 aliphatic rings. The average Bonchev–Trinajstić information content (AvgIpc) is 2.29. The molecule has 1 unspecified atom stereocenters. The summed E-state index contributed by atoms with van der Waals surface area (Å²) in [6, 6.07) is 0. The molecule has 18 heavy (non-hydrogen) atoms. The molecule has 0 saturated carbocycles. The lowest BCUT2D eigenvalue weighted by Crippen LogP contribution is -2.21. The summed E-state index contributed by atoms with van der Waals surface area (Å²) < 4.78 is 40.4. The lowest BCUT2D eigenvalue weighted by molar-refractivity contribution is -0.184. The third kappa shape index (κ3) is 13.8. The van der Waals surface area contributed by atoms with E-state index in [1.807, 2.05) is 0 Å². The summed E-state index contributed by atoms with van der Waals surface area (Å²) in [5.74, 6) is 0. The van der Waals surface area contributed by atoms with Crippen LogP contribution in [0.5, 0.6) is 0 Å². The Kier molecular flexibility index (Phi) is 10.5. The molecule has 0 aliphatic carbocycles. The molecule has 0 saturated heterocycles. The number of unbranched alkanes of at least 4 members (excludes halogenated alkanes) is 7. The maximum atomic E-state index is 11.9. The first-order valence-electron chi connectivity index (χ1n) is 7.14. The molecule has 0 spiro atoms. The van der Waals surface area contributed by atoms with Crippen molar-refractivity contribution in [3.8, 4) is 0 Å². The van der Waals surface area contributed by atoms with Crippen molar-refractivity contribution in [3.05, 3.63) is 0 Å². The maximum absolute atomic E-state index is 11.9. The quantitative estimate of drug-likeness (QED) is 0.450. The summed E-state index contributed by atoms with van der Waals surface area (Å²) in [5, 5.41) is 0. The molecule has 0 aliphatic heterocycles. The Labute approximate surface area is 109 Å². The molecule has 0 aromatic heterocycles. The van der Waals surface area contributed by atoms with E-state index in [-0.39, 0.29) is 6.10 Å². The number of rotatable bonds is 11. The minimum atomic E-state index is -4.20. The molecule has 1 atom stereocenters. The summed E-state index contributed by atoms with van der Waals surface area (Å²) in [7, 11) is 0. The van der Waals surface area contributed by atoms with Gasteiger partial charge in [0.15, 0.2) is 0 Å². The Morgan fingerprint density at radius 1 is 0.889 bits per heavy atom. The van der Waals surface area contributed by atoms with Crippen LogP contribution in [0.2, 0.25) is 0 Å². The van der Waals surface area contributed by atoms with E-state index in [4.69, 9.17) is 4.74 Å². The number of halogens is 3. The summed E-state index contributed by atoms with van der Waals surface area (Å²) in [6.07, 6.45) is 5.91. The monoisotopic (exact) mass is 268 g/mol. The fourth-order valence-electron chi connectivity index (χ4n) is 1.89. The van der Waals surface area contributed by atoms with Crippen LogP contribution in [0, 0.1) is 0 Å². The van der Waals surface area contributed by atoms with E-state index >= 15 is 0 Å². The number of hydrogen-bond acceptors (Lipinski definition) is 1. The van der Waals surface area contributed by atoms with Crippen LogP contribution >= 0.6 is 0 Å². The van der Waals surface area contributed by atoms with Gasteiger partial charge in [0.05, 0.1) is 6.10 Å². The first-order valence-corrected chi connectivity index (χ1v) is 7.14. The van der Waals surface area contributed by atoms with E-state index in [2.05, 4.69) is 6.92 Å². The molecule has 1 nitrogen and oxygen atoms in total. The van der Waals surface area contributed by atoms with Gasteiger partial charge in [-0.25, -0.2) is 0 Å². The van der Waals surface area contributed by atoms with E-state index in [0.29, 0.717) is 0 Å². The highest BCUT2D eigenvalue weighted by Crippen LogP contribution is 2.17. The van der Waals surface area contributed by atoms with Crippen molar-refractivity contribution in [2.45, 2.75) is 83.9 Å². The Morgan fingerprint density at radius 2 is 1.39 bits per heavy atom. The van der Waals surface area contributed by atoms with Crippen molar-refractivity contribution in [1.82, 2.24) is 0 Å². The van der Waals surface area contributed by atoms with Gasteiger partial charge < -0.3 is 4.74 Å². The van der Waals surface area contributed by atoms with E-state index in [9.17, 15) is 13.2 Å². The molecule has 0 radical (unpaired) electrons. The maximum Gasteiger partial charge on any atom is 0.411 e. The second-order valence-corrected chi connectivity index (χ2v) is 5.00. The Hall–Kier alpha value is -0.250. The molecule has 4 heteroatoms. The van der Waals surface area contributed by atoms with Crippen LogP contribution in [0.3, 0.4) is 0 Å². The molecule has 110 valence electrons. The number of alkyl halides is 3. The molecule has 0 amide bonds. The van der Waals surface area contributed by atoms with Crippen LogP contribution in [0.4, 0.5) is 13.2 Å². The predicted octanol–water partition coefficient (Wildman–Crippen LogP) is 5.48. The van der Waals surface area contributed by atoms with E-state index in [1.165, 1.54) is 38.5 Å². The molecular weight excluding hydrogens is 241 g/mol. The number of hydrogen-bond donors (Lipinski definition) is 0. The van der Waals surface area contributed by atoms with E-state index < -0.39 is 12.8 Å². The smallest absolute Gasteiger partial charge is 0.369 e.